The van der Waals surface area contributed by atoms with E-state index in [-0.39, 0.29) is 39.1 Å². The van der Waals surface area contributed by atoms with Crippen LogP contribution < -0.4 is 9.62 Å². The molecule has 0 aliphatic carbocycles. The quantitative estimate of drug-likeness (QED) is 0.264. The highest BCUT2D eigenvalue weighted by Crippen LogP contribution is 2.33. The number of amides is 2. The van der Waals surface area contributed by atoms with Crippen LogP contribution in [0.5, 0.6) is 0 Å². The molecule has 3 aromatic carbocycles. The molecule has 11 heteroatoms. The van der Waals surface area contributed by atoms with Gasteiger partial charge in [0.25, 0.3) is 10.0 Å². The molecule has 7 nitrogen and oxygen atoms in total. The van der Waals surface area contributed by atoms with Crippen LogP contribution in [0, 0.1) is 0 Å². The fourth-order valence-corrected chi connectivity index (χ4v) is 5.89. The summed E-state index contributed by atoms with van der Waals surface area (Å²) in [7, 11) is -4.23. The summed E-state index contributed by atoms with van der Waals surface area (Å²) in [5.41, 5.74) is 0.828. The van der Waals surface area contributed by atoms with E-state index in [4.69, 9.17) is 23.2 Å². The van der Waals surface area contributed by atoms with Gasteiger partial charge in [0.05, 0.1) is 15.6 Å². The SMILES string of the molecule is CC[C@H](C)NC(=O)[C@@H](C)N(Cc1ccc(Br)cc1)C(=O)CN(c1cc(Cl)ccc1Cl)S(=O)(=O)c1ccccc1. The molecule has 0 aromatic heterocycles. The van der Waals surface area contributed by atoms with Crippen LogP contribution in [0.2, 0.25) is 10.0 Å². The first-order valence-corrected chi connectivity index (χ1v) is 15.3. The third-order valence-electron chi connectivity index (χ3n) is 6.22. The van der Waals surface area contributed by atoms with Gasteiger partial charge in [-0.1, -0.05) is 76.4 Å². The summed E-state index contributed by atoms with van der Waals surface area (Å²) in [6, 6.07) is 18.5. The molecular formula is C28H30BrCl2N3O4S. The lowest BCUT2D eigenvalue weighted by atomic mass is 10.1. The van der Waals surface area contributed by atoms with Gasteiger partial charge >= 0.3 is 0 Å². The van der Waals surface area contributed by atoms with E-state index in [9.17, 15) is 18.0 Å². The summed E-state index contributed by atoms with van der Waals surface area (Å²) in [6.07, 6.45) is 0.718. The Hall–Kier alpha value is -2.59. The lowest BCUT2D eigenvalue weighted by Crippen LogP contribution is -2.52. The summed E-state index contributed by atoms with van der Waals surface area (Å²) in [4.78, 5) is 28.4. The van der Waals surface area contributed by atoms with E-state index in [2.05, 4.69) is 21.2 Å². The first-order chi connectivity index (χ1) is 18.4. The maximum atomic E-state index is 13.9. The van der Waals surface area contributed by atoms with E-state index in [0.29, 0.717) is 0 Å². The Labute approximate surface area is 248 Å². The zero-order valence-electron chi connectivity index (χ0n) is 21.8. The molecule has 3 aromatic rings. The Bertz CT molecular complexity index is 1410. The highest BCUT2D eigenvalue weighted by molar-refractivity contribution is 9.10. The highest BCUT2D eigenvalue weighted by atomic mass is 79.9. The Morgan fingerprint density at radius 2 is 1.62 bits per heavy atom. The molecule has 0 saturated heterocycles. The van der Waals surface area contributed by atoms with Gasteiger partial charge in [-0.25, -0.2) is 8.42 Å². The molecule has 208 valence electrons. The third kappa shape index (κ3) is 7.97. The number of sulfonamides is 1. The van der Waals surface area contributed by atoms with E-state index >= 15 is 0 Å². The van der Waals surface area contributed by atoms with E-state index in [1.807, 2.05) is 38.1 Å². The minimum absolute atomic E-state index is 0.0177. The molecule has 39 heavy (non-hydrogen) atoms. The summed E-state index contributed by atoms with van der Waals surface area (Å²) >= 11 is 16.0. The maximum absolute atomic E-state index is 13.9. The van der Waals surface area contributed by atoms with Crippen molar-refractivity contribution in [2.24, 2.45) is 0 Å². The van der Waals surface area contributed by atoms with Crippen LogP contribution in [0.1, 0.15) is 32.8 Å². The number of hydrogen-bond donors (Lipinski definition) is 1. The molecule has 0 bridgehead atoms. The molecule has 3 rings (SSSR count). The van der Waals surface area contributed by atoms with Crippen molar-refractivity contribution < 1.29 is 18.0 Å². The molecule has 0 unspecified atom stereocenters. The minimum atomic E-state index is -4.23. The molecule has 2 atom stereocenters. The molecule has 0 spiro atoms. The lowest BCUT2D eigenvalue weighted by Gasteiger charge is -2.32. The van der Waals surface area contributed by atoms with Crippen molar-refractivity contribution >= 4 is 66.7 Å². The lowest BCUT2D eigenvalue weighted by molar-refractivity contribution is -0.139. The molecule has 0 aliphatic heterocycles. The number of carbonyl (C=O) groups excluding carboxylic acids is 2. The molecule has 0 heterocycles. The van der Waals surface area contributed by atoms with Crippen molar-refractivity contribution in [3.8, 4) is 0 Å². The number of nitrogens with zero attached hydrogens (tertiary/aromatic N) is 2. The van der Waals surface area contributed by atoms with Crippen LogP contribution >= 0.6 is 39.1 Å². The first-order valence-electron chi connectivity index (χ1n) is 12.3. The van der Waals surface area contributed by atoms with Crippen LogP contribution in [-0.4, -0.2) is 43.8 Å². The molecule has 0 saturated carbocycles. The molecule has 0 fully saturated rings. The fourth-order valence-electron chi connectivity index (χ4n) is 3.74. The second kappa shape index (κ2) is 13.7. The third-order valence-corrected chi connectivity index (χ3v) is 9.08. The van der Waals surface area contributed by atoms with E-state index in [1.54, 1.807) is 25.1 Å². The predicted octanol–water partition coefficient (Wildman–Crippen LogP) is 6.28. The van der Waals surface area contributed by atoms with Gasteiger partial charge in [0.2, 0.25) is 11.8 Å². The van der Waals surface area contributed by atoms with Gasteiger partial charge in [-0.15, -0.1) is 0 Å². The maximum Gasteiger partial charge on any atom is 0.264 e. The largest absolute Gasteiger partial charge is 0.352 e. The zero-order chi connectivity index (χ0) is 28.7. The molecular weight excluding hydrogens is 625 g/mol. The van der Waals surface area contributed by atoms with Crippen molar-refractivity contribution in [1.29, 1.82) is 0 Å². The Kier molecular flexibility index (Phi) is 10.8. The van der Waals surface area contributed by atoms with Gasteiger partial charge in [0.15, 0.2) is 0 Å². The normalized spacial score (nSPS) is 12.9. The monoisotopic (exact) mass is 653 g/mol. The van der Waals surface area contributed by atoms with Crippen LogP contribution in [0.25, 0.3) is 0 Å². The first kappa shape index (κ1) is 30.9. The number of anilines is 1. The molecule has 0 radical (unpaired) electrons. The predicted molar refractivity (Wildman–Crippen MR) is 159 cm³/mol. The van der Waals surface area contributed by atoms with E-state index in [1.165, 1.54) is 35.2 Å². The van der Waals surface area contributed by atoms with Crippen molar-refractivity contribution in [1.82, 2.24) is 10.2 Å². The second-order valence-corrected chi connectivity index (χ2v) is 12.7. The van der Waals surface area contributed by atoms with Gasteiger partial charge in [-0.05, 0) is 68.3 Å². The fraction of sp³-hybridized carbons (Fsp3) is 0.286. The smallest absolute Gasteiger partial charge is 0.264 e. The van der Waals surface area contributed by atoms with E-state index < -0.39 is 28.5 Å². The van der Waals surface area contributed by atoms with Crippen molar-refractivity contribution in [3.63, 3.8) is 0 Å². The molecule has 2 amide bonds. The average Bonchev–Trinajstić information content (AvgIpc) is 2.92. The molecule has 1 N–H and O–H groups in total. The van der Waals surface area contributed by atoms with Crippen molar-refractivity contribution in [2.45, 2.75) is 50.7 Å². The number of benzene rings is 3. The van der Waals surface area contributed by atoms with Gasteiger partial charge < -0.3 is 10.2 Å². The average molecular weight is 655 g/mol. The van der Waals surface area contributed by atoms with Crippen molar-refractivity contribution in [3.05, 3.63) is 92.9 Å². The van der Waals surface area contributed by atoms with Crippen LogP contribution in [0.4, 0.5) is 5.69 Å². The highest BCUT2D eigenvalue weighted by Gasteiger charge is 2.33. The Morgan fingerprint density at radius 1 is 0.974 bits per heavy atom. The minimum Gasteiger partial charge on any atom is -0.352 e. The van der Waals surface area contributed by atoms with Crippen LogP contribution in [0.3, 0.4) is 0 Å². The number of rotatable bonds is 11. The van der Waals surface area contributed by atoms with Crippen LogP contribution in [-0.2, 0) is 26.2 Å². The number of hydrogen-bond acceptors (Lipinski definition) is 4. The zero-order valence-corrected chi connectivity index (χ0v) is 25.7. The standard InChI is InChI=1S/C28H30BrCl2N3O4S/c1-4-19(2)32-28(36)20(3)33(17-21-10-12-22(29)13-11-21)27(35)18-34(26-16-23(30)14-15-25(26)31)39(37,38)24-8-6-5-7-9-24/h5-16,19-20H,4,17-18H2,1-3H3,(H,32,36)/t19-,20+/m0/s1. The number of halogens is 3. The van der Waals surface area contributed by atoms with Gasteiger partial charge in [-0.2, -0.15) is 0 Å². The molecule has 0 aliphatic rings. The summed E-state index contributed by atoms with van der Waals surface area (Å²) in [5, 5.41) is 3.26. The Morgan fingerprint density at radius 3 is 2.23 bits per heavy atom. The van der Waals surface area contributed by atoms with Gasteiger partial charge in [0.1, 0.15) is 12.6 Å². The van der Waals surface area contributed by atoms with Gasteiger partial charge in [0, 0.05) is 22.1 Å². The van der Waals surface area contributed by atoms with Crippen LogP contribution in [0.15, 0.2) is 82.2 Å². The Balaban J connectivity index is 2.05. The topological polar surface area (TPSA) is 86.8 Å². The summed E-state index contributed by atoms with van der Waals surface area (Å²) in [5.74, 6) is -0.923. The van der Waals surface area contributed by atoms with E-state index in [0.717, 1.165) is 20.8 Å². The second-order valence-electron chi connectivity index (χ2n) is 9.06. The number of carbonyl (C=O) groups is 2. The summed E-state index contributed by atoms with van der Waals surface area (Å²) in [6.45, 7) is 4.93. The van der Waals surface area contributed by atoms with Crippen molar-refractivity contribution in [2.75, 3.05) is 10.8 Å². The number of nitrogens with one attached hydrogen (secondary N) is 1. The van der Waals surface area contributed by atoms with Gasteiger partial charge in [-0.3, -0.25) is 13.9 Å². The summed E-state index contributed by atoms with van der Waals surface area (Å²) < 4.78 is 29.4.